The van der Waals surface area contributed by atoms with Crippen molar-refractivity contribution in [3.05, 3.63) is 199 Å². The van der Waals surface area contributed by atoms with Crippen molar-refractivity contribution in [3.63, 3.8) is 0 Å². The number of rotatable bonds is 6. The predicted molar refractivity (Wildman–Crippen MR) is 237 cm³/mol. The molecule has 8 aromatic carbocycles. The Labute approximate surface area is 337 Å². The van der Waals surface area contributed by atoms with Crippen LogP contribution in [0.5, 0.6) is 0 Å². The topological polar surface area (TPSA) is 51.8 Å². The second-order valence-electron chi connectivity index (χ2n) is 15.6. The van der Waals surface area contributed by atoms with Crippen LogP contribution in [0.15, 0.2) is 192 Å². The zero-order chi connectivity index (χ0) is 38.8. The van der Waals surface area contributed by atoms with Crippen molar-refractivity contribution in [1.29, 1.82) is 0 Å². The van der Waals surface area contributed by atoms with Crippen LogP contribution >= 0.6 is 0 Å². The third kappa shape index (κ3) is 5.64. The zero-order valence-electron chi connectivity index (χ0n) is 32.1. The maximum atomic E-state index is 6.53. The molecule has 274 valence electrons. The van der Waals surface area contributed by atoms with Gasteiger partial charge in [-0.05, 0) is 86.0 Å². The number of aromatic nitrogens is 3. The lowest BCUT2D eigenvalue weighted by Crippen LogP contribution is -2.14. The lowest BCUT2D eigenvalue weighted by Gasteiger charge is -2.21. The van der Waals surface area contributed by atoms with Crippen LogP contribution in [0, 0.1) is 0 Å². The molecule has 0 fully saturated rings. The number of nitrogens with zero attached hydrogens (tertiary/aromatic N) is 3. The third-order valence-electron chi connectivity index (χ3n) is 11.8. The summed E-state index contributed by atoms with van der Waals surface area (Å²) in [6, 6.07) is 66.1. The first-order valence-corrected chi connectivity index (χ1v) is 19.8. The molecule has 2 aromatic heterocycles. The number of benzene rings is 8. The molecule has 0 aliphatic heterocycles. The minimum atomic E-state index is -0.0927. The molecular weight excluding hydrogens is 707 g/mol. The minimum absolute atomic E-state index is 0.0927. The molecule has 4 nitrogen and oxygen atoms in total. The molecule has 2 heterocycles. The molecule has 1 aliphatic rings. The second-order valence-corrected chi connectivity index (χ2v) is 15.6. The molecule has 1 aliphatic carbocycles. The average molecular weight is 744 g/mol. The summed E-state index contributed by atoms with van der Waals surface area (Å²) in [4.78, 5) is 15.5. The summed E-state index contributed by atoms with van der Waals surface area (Å²) < 4.78 is 6.53. The van der Waals surface area contributed by atoms with E-state index in [0.717, 1.165) is 60.9 Å². The maximum Gasteiger partial charge on any atom is 0.164 e. The first-order valence-electron chi connectivity index (χ1n) is 19.8. The van der Waals surface area contributed by atoms with Gasteiger partial charge in [-0.15, -0.1) is 0 Å². The normalized spacial score (nSPS) is 12.8. The van der Waals surface area contributed by atoms with Gasteiger partial charge in [0.05, 0.1) is 0 Å². The molecular formula is C54H37N3O. The van der Waals surface area contributed by atoms with Gasteiger partial charge in [-0.2, -0.15) is 0 Å². The van der Waals surface area contributed by atoms with Gasteiger partial charge in [-0.1, -0.05) is 172 Å². The number of furan rings is 1. The fraction of sp³-hybridized carbons (Fsp3) is 0.0556. The maximum absolute atomic E-state index is 6.53. The van der Waals surface area contributed by atoms with Gasteiger partial charge in [-0.3, -0.25) is 0 Å². The summed E-state index contributed by atoms with van der Waals surface area (Å²) in [5.41, 5.74) is 16.4. The number of hydrogen-bond acceptors (Lipinski definition) is 4. The molecule has 10 aromatic rings. The molecule has 0 atom stereocenters. The van der Waals surface area contributed by atoms with E-state index >= 15 is 0 Å². The Hall–Kier alpha value is -7.43. The molecule has 11 rings (SSSR count). The lowest BCUT2D eigenvalue weighted by molar-refractivity contribution is 0.660. The molecule has 0 radical (unpaired) electrons. The van der Waals surface area contributed by atoms with Crippen molar-refractivity contribution in [2.45, 2.75) is 19.3 Å². The highest BCUT2D eigenvalue weighted by Crippen LogP contribution is 2.49. The summed E-state index contributed by atoms with van der Waals surface area (Å²) in [6.07, 6.45) is 0. The smallest absolute Gasteiger partial charge is 0.164 e. The molecule has 0 unspecified atom stereocenters. The van der Waals surface area contributed by atoms with Gasteiger partial charge in [0.25, 0.3) is 0 Å². The fourth-order valence-corrected chi connectivity index (χ4v) is 8.77. The number of hydrogen-bond donors (Lipinski definition) is 0. The lowest BCUT2D eigenvalue weighted by atomic mass is 9.82. The van der Waals surface area contributed by atoms with Crippen LogP contribution < -0.4 is 0 Å². The van der Waals surface area contributed by atoms with Crippen LogP contribution in [0.25, 0.3) is 101 Å². The van der Waals surface area contributed by atoms with Crippen molar-refractivity contribution in [3.8, 4) is 78.7 Å². The summed E-state index contributed by atoms with van der Waals surface area (Å²) in [5, 5.41) is 2.16. The standard InChI is InChI=1S/C54H37N3O/c1-54(2)46-21-10-9-19-43(46)45-32-40(28-30-47(45)54)52-55-51(37-25-23-35(24-26-37)39-18-11-17-38(31-39)34-13-5-3-6-14-34)56-53(57-52)41-27-29-44-49(33-41)58-48-22-12-20-42(50(44)48)36-15-7-4-8-16-36/h3-33H,1-2H3. The van der Waals surface area contributed by atoms with Crippen LogP contribution in [-0.4, -0.2) is 15.0 Å². The van der Waals surface area contributed by atoms with Crippen LogP contribution in [0.3, 0.4) is 0 Å². The molecule has 0 spiro atoms. The van der Waals surface area contributed by atoms with Gasteiger partial charge < -0.3 is 4.42 Å². The van der Waals surface area contributed by atoms with Crippen molar-refractivity contribution in [1.82, 2.24) is 15.0 Å². The van der Waals surface area contributed by atoms with Crippen molar-refractivity contribution < 1.29 is 4.42 Å². The molecule has 0 N–H and O–H groups in total. The summed E-state index contributed by atoms with van der Waals surface area (Å²) in [6.45, 7) is 4.60. The highest BCUT2D eigenvalue weighted by atomic mass is 16.3. The largest absolute Gasteiger partial charge is 0.456 e. The molecule has 58 heavy (non-hydrogen) atoms. The molecule has 4 heteroatoms. The summed E-state index contributed by atoms with van der Waals surface area (Å²) in [5.74, 6) is 1.83. The highest BCUT2D eigenvalue weighted by Gasteiger charge is 2.35. The first kappa shape index (κ1) is 33.9. The SMILES string of the molecule is CC1(C)c2ccccc2-c2cc(-c3nc(-c4ccc(-c5cccc(-c6ccccc6)c5)cc4)nc(-c4ccc5c(c4)oc4cccc(-c6ccccc6)c45)n3)ccc21. The molecule has 0 amide bonds. The first-order chi connectivity index (χ1) is 28.5. The van der Waals surface area contributed by atoms with E-state index in [-0.39, 0.29) is 5.41 Å². The van der Waals surface area contributed by atoms with E-state index in [2.05, 4.69) is 184 Å². The Kier molecular flexibility index (Phi) is 7.80. The van der Waals surface area contributed by atoms with Gasteiger partial charge in [0.2, 0.25) is 0 Å². The predicted octanol–water partition coefficient (Wildman–Crippen LogP) is 14.1. The van der Waals surface area contributed by atoms with Crippen LogP contribution in [0.2, 0.25) is 0 Å². The van der Waals surface area contributed by atoms with Gasteiger partial charge in [-0.25, -0.2) is 15.0 Å². The van der Waals surface area contributed by atoms with Gasteiger partial charge in [0.15, 0.2) is 17.5 Å². The molecule has 0 bridgehead atoms. The van der Waals surface area contributed by atoms with E-state index in [1.54, 1.807) is 0 Å². The van der Waals surface area contributed by atoms with E-state index in [1.807, 2.05) is 18.2 Å². The zero-order valence-corrected chi connectivity index (χ0v) is 32.1. The monoisotopic (exact) mass is 743 g/mol. The van der Waals surface area contributed by atoms with E-state index in [9.17, 15) is 0 Å². The van der Waals surface area contributed by atoms with E-state index in [1.165, 1.54) is 33.4 Å². The molecule has 0 saturated carbocycles. The Morgan fingerprint density at radius 1 is 0.345 bits per heavy atom. The third-order valence-corrected chi connectivity index (χ3v) is 11.8. The number of fused-ring (bicyclic) bond motifs is 6. The molecule has 0 saturated heterocycles. The van der Waals surface area contributed by atoms with E-state index in [0.29, 0.717) is 17.5 Å². The van der Waals surface area contributed by atoms with Crippen LogP contribution in [-0.2, 0) is 5.41 Å². The minimum Gasteiger partial charge on any atom is -0.456 e. The summed E-state index contributed by atoms with van der Waals surface area (Å²) >= 11 is 0. The van der Waals surface area contributed by atoms with E-state index < -0.39 is 0 Å². The summed E-state index contributed by atoms with van der Waals surface area (Å²) in [7, 11) is 0. The van der Waals surface area contributed by atoms with Crippen LogP contribution in [0.4, 0.5) is 0 Å². The Balaban J connectivity index is 1.04. The second kappa shape index (κ2) is 13.4. The van der Waals surface area contributed by atoms with Crippen molar-refractivity contribution >= 4 is 21.9 Å². The Morgan fingerprint density at radius 2 is 0.862 bits per heavy atom. The van der Waals surface area contributed by atoms with Crippen molar-refractivity contribution in [2.75, 3.05) is 0 Å². The van der Waals surface area contributed by atoms with Gasteiger partial charge >= 0.3 is 0 Å². The van der Waals surface area contributed by atoms with Crippen LogP contribution in [0.1, 0.15) is 25.0 Å². The van der Waals surface area contributed by atoms with E-state index in [4.69, 9.17) is 19.4 Å². The Bertz CT molecular complexity index is 3180. The van der Waals surface area contributed by atoms with Gasteiger partial charge in [0.1, 0.15) is 11.2 Å². The van der Waals surface area contributed by atoms with Gasteiger partial charge in [0, 0.05) is 32.9 Å². The quantitative estimate of drug-likeness (QED) is 0.170. The Morgan fingerprint density at radius 3 is 1.60 bits per heavy atom. The van der Waals surface area contributed by atoms with Crippen molar-refractivity contribution in [2.24, 2.45) is 0 Å². The average Bonchev–Trinajstić information content (AvgIpc) is 3.78. The highest BCUT2D eigenvalue weighted by molar-refractivity contribution is 6.13. The fourth-order valence-electron chi connectivity index (χ4n) is 8.77.